The predicted octanol–water partition coefficient (Wildman–Crippen LogP) is 4.32. The first-order valence-electron chi connectivity index (χ1n) is 10.4. The molecule has 0 spiro atoms. The highest BCUT2D eigenvalue weighted by Gasteiger charge is 2.18. The van der Waals surface area contributed by atoms with Gasteiger partial charge in [0.25, 0.3) is 0 Å². The third-order valence-electron chi connectivity index (χ3n) is 5.78. The molecule has 152 valence electrons. The van der Waals surface area contributed by atoms with Gasteiger partial charge in [0.2, 0.25) is 0 Å². The lowest BCUT2D eigenvalue weighted by Gasteiger charge is -2.28. The number of nitrogens with zero attached hydrogens (tertiary/aromatic N) is 3. The second-order valence-corrected chi connectivity index (χ2v) is 7.95. The summed E-state index contributed by atoms with van der Waals surface area (Å²) in [5, 5.41) is 7.02. The van der Waals surface area contributed by atoms with E-state index in [-0.39, 0.29) is 24.0 Å². The smallest absolute Gasteiger partial charge is 0.191 e. The van der Waals surface area contributed by atoms with E-state index in [2.05, 4.69) is 39.6 Å². The molecule has 1 saturated carbocycles. The fourth-order valence-electron chi connectivity index (χ4n) is 3.99. The summed E-state index contributed by atoms with van der Waals surface area (Å²) < 4.78 is 0. The first-order valence-corrected chi connectivity index (χ1v) is 10.4. The number of halogens is 1. The minimum atomic E-state index is 0. The van der Waals surface area contributed by atoms with Gasteiger partial charge in [-0.05, 0) is 56.1 Å². The van der Waals surface area contributed by atoms with Crippen LogP contribution in [0.2, 0.25) is 0 Å². The van der Waals surface area contributed by atoms with Crippen LogP contribution in [-0.4, -0.2) is 37.1 Å². The Kier molecular flexibility index (Phi) is 9.65. The second-order valence-electron chi connectivity index (χ2n) is 7.95. The van der Waals surface area contributed by atoms with Crippen molar-refractivity contribution >= 4 is 35.8 Å². The number of guanidine groups is 1. The lowest BCUT2D eigenvalue weighted by Crippen LogP contribution is -2.44. The summed E-state index contributed by atoms with van der Waals surface area (Å²) in [6.45, 7) is 5.39. The fourth-order valence-corrected chi connectivity index (χ4v) is 3.99. The molecule has 0 bridgehead atoms. The van der Waals surface area contributed by atoms with Crippen LogP contribution in [0.4, 0.5) is 5.82 Å². The van der Waals surface area contributed by atoms with Crippen LogP contribution in [0, 0.1) is 5.92 Å². The van der Waals surface area contributed by atoms with Crippen LogP contribution in [-0.2, 0) is 6.54 Å². The summed E-state index contributed by atoms with van der Waals surface area (Å²) in [7, 11) is 1.85. The first kappa shape index (κ1) is 22.2. The molecular formula is C21H36IN5. The normalized spacial score (nSPS) is 23.9. The molecule has 1 aliphatic heterocycles. The average Bonchev–Trinajstić information content (AvgIpc) is 2.96. The molecule has 1 aromatic rings. The van der Waals surface area contributed by atoms with Crippen molar-refractivity contribution in [2.45, 2.75) is 70.9 Å². The Bertz CT molecular complexity index is 558. The standard InChI is InChI=1S/C21H35N5.HI/c1-17-7-10-19(11-8-17)25-21(22-2)24-16-18-9-12-20(23-15-18)26-13-5-3-4-6-14-26;/h9,12,15,17,19H,3-8,10-11,13-14,16H2,1-2H3,(H2,22,24,25);1H. The minimum Gasteiger partial charge on any atom is -0.357 e. The van der Waals surface area contributed by atoms with Crippen molar-refractivity contribution in [1.29, 1.82) is 0 Å². The number of aliphatic imine (C=N–C) groups is 1. The van der Waals surface area contributed by atoms with Gasteiger partial charge in [0, 0.05) is 38.9 Å². The van der Waals surface area contributed by atoms with Crippen LogP contribution in [0.1, 0.15) is 63.9 Å². The molecule has 0 atom stereocenters. The highest BCUT2D eigenvalue weighted by molar-refractivity contribution is 14.0. The summed E-state index contributed by atoms with van der Waals surface area (Å²) in [4.78, 5) is 11.5. The highest BCUT2D eigenvalue weighted by atomic mass is 127. The van der Waals surface area contributed by atoms with E-state index in [4.69, 9.17) is 4.98 Å². The lowest BCUT2D eigenvalue weighted by molar-refractivity contribution is 0.329. The molecule has 6 heteroatoms. The molecule has 1 saturated heterocycles. The number of pyridine rings is 1. The molecule has 2 N–H and O–H groups in total. The number of nitrogens with one attached hydrogen (secondary N) is 2. The van der Waals surface area contributed by atoms with Crippen molar-refractivity contribution in [1.82, 2.24) is 15.6 Å². The summed E-state index contributed by atoms with van der Waals surface area (Å²) >= 11 is 0. The van der Waals surface area contributed by atoms with Gasteiger partial charge in [-0.25, -0.2) is 4.98 Å². The van der Waals surface area contributed by atoms with Gasteiger partial charge in [0.05, 0.1) is 0 Å². The molecule has 5 nitrogen and oxygen atoms in total. The maximum absolute atomic E-state index is 4.70. The molecule has 1 aromatic heterocycles. The Labute approximate surface area is 181 Å². The zero-order valence-corrected chi connectivity index (χ0v) is 19.2. The Balaban J connectivity index is 0.00000261. The van der Waals surface area contributed by atoms with Gasteiger partial charge in [-0.15, -0.1) is 24.0 Å². The summed E-state index contributed by atoms with van der Waals surface area (Å²) in [5.74, 6) is 2.90. The van der Waals surface area contributed by atoms with Gasteiger partial charge in [-0.3, -0.25) is 4.99 Å². The minimum absolute atomic E-state index is 0. The maximum Gasteiger partial charge on any atom is 0.191 e. The van der Waals surface area contributed by atoms with Crippen LogP contribution in [0.15, 0.2) is 23.3 Å². The first-order chi connectivity index (χ1) is 12.7. The van der Waals surface area contributed by atoms with Crippen LogP contribution in [0.25, 0.3) is 0 Å². The van der Waals surface area contributed by atoms with E-state index >= 15 is 0 Å². The number of aromatic nitrogens is 1. The van der Waals surface area contributed by atoms with Gasteiger partial charge in [-0.1, -0.05) is 25.8 Å². The fraction of sp³-hybridized carbons (Fsp3) is 0.714. The van der Waals surface area contributed by atoms with Gasteiger partial charge in [0.15, 0.2) is 5.96 Å². The largest absolute Gasteiger partial charge is 0.357 e. The molecule has 0 radical (unpaired) electrons. The molecular weight excluding hydrogens is 449 g/mol. The second kappa shape index (κ2) is 11.7. The summed E-state index contributed by atoms with van der Waals surface area (Å²) in [5.41, 5.74) is 1.20. The topological polar surface area (TPSA) is 52.6 Å². The molecule has 2 fully saturated rings. The predicted molar refractivity (Wildman–Crippen MR) is 125 cm³/mol. The molecule has 1 aliphatic carbocycles. The molecule has 0 unspecified atom stereocenters. The van der Waals surface area contributed by atoms with Crippen LogP contribution >= 0.6 is 24.0 Å². The van der Waals surface area contributed by atoms with Crippen molar-refractivity contribution in [2.24, 2.45) is 10.9 Å². The van der Waals surface area contributed by atoms with Crippen molar-refractivity contribution < 1.29 is 0 Å². The number of hydrogen-bond donors (Lipinski definition) is 2. The van der Waals surface area contributed by atoms with E-state index < -0.39 is 0 Å². The maximum atomic E-state index is 4.70. The molecule has 0 aromatic carbocycles. The molecule has 2 aliphatic rings. The van der Waals surface area contributed by atoms with Crippen molar-refractivity contribution in [2.75, 3.05) is 25.0 Å². The average molecular weight is 485 g/mol. The van der Waals surface area contributed by atoms with Crippen LogP contribution in [0.3, 0.4) is 0 Å². The monoisotopic (exact) mass is 485 g/mol. The third-order valence-corrected chi connectivity index (χ3v) is 5.78. The summed E-state index contributed by atoms with van der Waals surface area (Å²) in [6.07, 6.45) is 12.4. The van der Waals surface area contributed by atoms with Crippen molar-refractivity contribution in [3.05, 3.63) is 23.9 Å². The number of rotatable bonds is 4. The highest BCUT2D eigenvalue weighted by Crippen LogP contribution is 2.23. The van der Waals surface area contributed by atoms with Crippen LogP contribution in [0.5, 0.6) is 0 Å². The Morgan fingerprint density at radius 3 is 2.41 bits per heavy atom. The molecule has 27 heavy (non-hydrogen) atoms. The van der Waals surface area contributed by atoms with Crippen LogP contribution < -0.4 is 15.5 Å². The summed E-state index contributed by atoms with van der Waals surface area (Å²) in [6, 6.07) is 4.91. The van der Waals surface area contributed by atoms with Gasteiger partial charge in [-0.2, -0.15) is 0 Å². The molecule has 0 amide bonds. The van der Waals surface area contributed by atoms with Gasteiger partial charge < -0.3 is 15.5 Å². The van der Waals surface area contributed by atoms with Crippen molar-refractivity contribution in [3.63, 3.8) is 0 Å². The quantitative estimate of drug-likeness (QED) is 0.379. The van der Waals surface area contributed by atoms with E-state index in [1.807, 2.05) is 13.2 Å². The zero-order chi connectivity index (χ0) is 18.2. The van der Waals surface area contributed by atoms with E-state index in [9.17, 15) is 0 Å². The van der Waals surface area contributed by atoms with Gasteiger partial charge in [0.1, 0.15) is 5.82 Å². The zero-order valence-electron chi connectivity index (χ0n) is 16.9. The number of anilines is 1. The van der Waals surface area contributed by atoms with E-state index in [0.717, 1.165) is 37.3 Å². The van der Waals surface area contributed by atoms with Gasteiger partial charge >= 0.3 is 0 Å². The Morgan fingerprint density at radius 2 is 1.81 bits per heavy atom. The van der Waals surface area contributed by atoms with E-state index in [1.54, 1.807) is 0 Å². The Hall–Kier alpha value is -1.05. The molecule has 2 heterocycles. The number of hydrogen-bond acceptors (Lipinski definition) is 3. The SMILES string of the molecule is CN=C(NCc1ccc(N2CCCCCC2)nc1)NC1CCC(C)CC1.I. The Morgan fingerprint density at radius 1 is 1.11 bits per heavy atom. The lowest BCUT2D eigenvalue weighted by atomic mass is 9.87. The molecule has 3 rings (SSSR count). The van der Waals surface area contributed by atoms with E-state index in [0.29, 0.717) is 6.04 Å². The van der Waals surface area contributed by atoms with E-state index in [1.165, 1.54) is 56.9 Å². The van der Waals surface area contributed by atoms with Crippen molar-refractivity contribution in [3.8, 4) is 0 Å². The third kappa shape index (κ3) is 7.12.